The van der Waals surface area contributed by atoms with Gasteiger partial charge in [0.1, 0.15) is 0 Å². The maximum atomic E-state index is 2.51. The number of benzene rings is 7. The summed E-state index contributed by atoms with van der Waals surface area (Å²) in [6, 6.07) is 51.6. The molecular weight excluding hydrogens is 565 g/mol. The molecule has 0 bridgehead atoms. The molecule has 47 heavy (non-hydrogen) atoms. The van der Waals surface area contributed by atoms with E-state index in [1.165, 1.54) is 82.4 Å². The Bertz CT molecular complexity index is 2230. The molecule has 0 nitrogen and oxygen atoms in total. The highest BCUT2D eigenvalue weighted by Gasteiger charge is 2.28. The van der Waals surface area contributed by atoms with Crippen LogP contribution in [0.4, 0.5) is 0 Å². The van der Waals surface area contributed by atoms with Crippen molar-refractivity contribution in [1.29, 1.82) is 0 Å². The third kappa shape index (κ3) is 5.19. The Labute approximate surface area is 279 Å². The van der Waals surface area contributed by atoms with E-state index in [2.05, 4.69) is 146 Å². The van der Waals surface area contributed by atoms with Crippen LogP contribution in [0.3, 0.4) is 0 Å². The Morgan fingerprint density at radius 1 is 0.404 bits per heavy atom. The van der Waals surface area contributed by atoms with Crippen LogP contribution in [-0.4, -0.2) is 0 Å². The summed E-state index contributed by atoms with van der Waals surface area (Å²) in [6.07, 6.45) is 5.75. The second kappa shape index (κ2) is 13.3. The Hall–Kier alpha value is -5.20. The number of fused-ring (bicyclic) bond motifs is 5. The highest BCUT2D eigenvalue weighted by molar-refractivity contribution is 6.20. The smallest absolute Gasteiger partial charge is 0.00107 e. The number of allylic oxidation sites excluding steroid dienone is 4. The highest BCUT2D eigenvalue weighted by atomic mass is 14.3. The molecule has 0 unspecified atom stereocenters. The van der Waals surface area contributed by atoms with Crippen LogP contribution in [0.15, 0.2) is 151 Å². The average molecular weight is 607 g/mol. The van der Waals surface area contributed by atoms with Gasteiger partial charge in [0.25, 0.3) is 0 Å². The Morgan fingerprint density at radius 2 is 0.915 bits per heavy atom. The van der Waals surface area contributed by atoms with E-state index in [0.717, 1.165) is 19.3 Å². The third-order valence-electron chi connectivity index (χ3n) is 9.62. The molecule has 0 atom stereocenters. The van der Waals surface area contributed by atoms with Crippen molar-refractivity contribution < 1.29 is 0 Å². The minimum Gasteiger partial charge on any atom is -0.0760 e. The lowest BCUT2D eigenvalue weighted by atomic mass is 9.80. The Balaban J connectivity index is 0.000000848. The molecule has 2 aliphatic rings. The maximum absolute atomic E-state index is 2.51. The molecule has 0 saturated carbocycles. The van der Waals surface area contributed by atoms with Crippen LogP contribution in [0, 0.1) is 0 Å². The van der Waals surface area contributed by atoms with Crippen molar-refractivity contribution >= 4 is 43.5 Å². The normalized spacial score (nSPS) is 13.3. The molecule has 0 fully saturated rings. The molecule has 0 N–H and O–H groups in total. The lowest BCUT2D eigenvalue weighted by Crippen LogP contribution is -2.00. The molecule has 0 heterocycles. The minimum absolute atomic E-state index is 1.03. The second-order valence-corrected chi connectivity index (χ2v) is 11.9. The first-order chi connectivity index (χ1) is 23.3. The van der Waals surface area contributed by atoms with Gasteiger partial charge < -0.3 is 0 Å². The molecular formula is C47H42. The van der Waals surface area contributed by atoms with Gasteiger partial charge >= 0.3 is 0 Å². The van der Waals surface area contributed by atoms with E-state index in [-0.39, 0.29) is 0 Å². The summed E-state index contributed by atoms with van der Waals surface area (Å²) >= 11 is 0. The van der Waals surface area contributed by atoms with Crippen LogP contribution in [0.5, 0.6) is 0 Å². The minimum atomic E-state index is 1.03. The molecule has 2 aliphatic carbocycles. The molecule has 0 amide bonds. The monoisotopic (exact) mass is 606 g/mol. The molecule has 9 rings (SSSR count). The van der Waals surface area contributed by atoms with Crippen molar-refractivity contribution in [2.45, 2.75) is 47.0 Å². The zero-order valence-corrected chi connectivity index (χ0v) is 28.0. The van der Waals surface area contributed by atoms with Gasteiger partial charge in [0.2, 0.25) is 0 Å². The number of hydrogen-bond donors (Lipinski definition) is 0. The van der Waals surface area contributed by atoms with Crippen LogP contribution in [-0.2, 0) is 6.42 Å². The van der Waals surface area contributed by atoms with E-state index < -0.39 is 0 Å². The van der Waals surface area contributed by atoms with Crippen molar-refractivity contribution in [3.05, 3.63) is 168 Å². The molecule has 0 spiro atoms. The molecule has 0 aliphatic heterocycles. The third-order valence-corrected chi connectivity index (χ3v) is 9.62. The summed E-state index contributed by atoms with van der Waals surface area (Å²) in [5, 5.41) is 7.88. The van der Waals surface area contributed by atoms with Crippen molar-refractivity contribution in [3.63, 3.8) is 0 Å². The van der Waals surface area contributed by atoms with Gasteiger partial charge in [0, 0.05) is 0 Å². The summed E-state index contributed by atoms with van der Waals surface area (Å²) in [5.74, 6) is 0. The highest BCUT2D eigenvalue weighted by Crippen LogP contribution is 2.49. The standard InChI is InChI=1S/C43H30.2C2H6/c1-3-14-32-28(11-1)13-9-20-33(32)29-23-25-30(26-24-29)42-36-16-5-7-18-38(36)43(39-19-8-6-17-37(39)42)40-22-10-21-35-34-15-4-2-12-31(34)27-41(35)40;2*1-2/h1-9,11-20,22-26H,10,21,27H2;2*1-2H3. The van der Waals surface area contributed by atoms with Gasteiger partial charge in [0.05, 0.1) is 0 Å². The predicted octanol–water partition coefficient (Wildman–Crippen LogP) is 13.7. The largest absolute Gasteiger partial charge is 0.0760 e. The zero-order valence-electron chi connectivity index (χ0n) is 28.0. The van der Waals surface area contributed by atoms with Gasteiger partial charge in [-0.3, -0.25) is 0 Å². The number of rotatable bonds is 3. The molecule has 0 radical (unpaired) electrons. The average Bonchev–Trinajstić information content (AvgIpc) is 3.55. The van der Waals surface area contributed by atoms with Crippen molar-refractivity contribution in [2.24, 2.45) is 0 Å². The summed E-state index contributed by atoms with van der Waals surface area (Å²) in [6.45, 7) is 8.00. The Kier molecular flexibility index (Phi) is 8.60. The predicted molar refractivity (Wildman–Crippen MR) is 207 cm³/mol. The van der Waals surface area contributed by atoms with Gasteiger partial charge in [-0.2, -0.15) is 0 Å². The van der Waals surface area contributed by atoms with Crippen molar-refractivity contribution in [3.8, 4) is 22.3 Å². The zero-order chi connectivity index (χ0) is 32.3. The van der Waals surface area contributed by atoms with Crippen LogP contribution < -0.4 is 0 Å². The maximum Gasteiger partial charge on any atom is -0.00107 e. The van der Waals surface area contributed by atoms with E-state index >= 15 is 0 Å². The van der Waals surface area contributed by atoms with Crippen molar-refractivity contribution in [1.82, 2.24) is 0 Å². The number of hydrogen-bond acceptors (Lipinski definition) is 0. The van der Waals surface area contributed by atoms with E-state index in [9.17, 15) is 0 Å². The first-order valence-corrected chi connectivity index (χ1v) is 17.4. The van der Waals surface area contributed by atoms with Crippen LogP contribution in [0.2, 0.25) is 0 Å². The fraction of sp³-hybridized carbons (Fsp3) is 0.149. The summed E-state index contributed by atoms with van der Waals surface area (Å²) in [5.41, 5.74) is 13.9. The van der Waals surface area contributed by atoms with Gasteiger partial charge in [-0.15, -0.1) is 0 Å². The second-order valence-electron chi connectivity index (χ2n) is 11.9. The van der Waals surface area contributed by atoms with E-state index in [0.29, 0.717) is 0 Å². The molecule has 0 heteroatoms. The van der Waals surface area contributed by atoms with Crippen LogP contribution in [0.1, 0.15) is 57.2 Å². The molecule has 0 aromatic heterocycles. The molecule has 230 valence electrons. The lowest BCUT2D eigenvalue weighted by molar-refractivity contribution is 1.05. The fourth-order valence-corrected chi connectivity index (χ4v) is 7.73. The van der Waals surface area contributed by atoms with E-state index in [4.69, 9.17) is 0 Å². The van der Waals surface area contributed by atoms with E-state index in [1.54, 1.807) is 5.57 Å². The van der Waals surface area contributed by atoms with Crippen LogP contribution in [0.25, 0.3) is 65.7 Å². The van der Waals surface area contributed by atoms with Crippen LogP contribution >= 0.6 is 0 Å². The SMILES string of the molecule is C1=C(c2c3ccccc3c(-c3ccc(-c4cccc5ccccc45)cc3)c3ccccc23)C2=C(CC1)c1ccccc1C2.CC.CC. The molecule has 0 saturated heterocycles. The molecule has 7 aromatic carbocycles. The van der Waals surface area contributed by atoms with Gasteiger partial charge in [0.15, 0.2) is 0 Å². The fourth-order valence-electron chi connectivity index (χ4n) is 7.73. The topological polar surface area (TPSA) is 0 Å². The van der Waals surface area contributed by atoms with E-state index in [1.807, 2.05) is 27.7 Å². The lowest BCUT2D eigenvalue weighted by Gasteiger charge is -2.23. The summed E-state index contributed by atoms with van der Waals surface area (Å²) < 4.78 is 0. The van der Waals surface area contributed by atoms with Crippen molar-refractivity contribution in [2.75, 3.05) is 0 Å². The van der Waals surface area contributed by atoms with Gasteiger partial charge in [-0.1, -0.05) is 173 Å². The quantitative estimate of drug-likeness (QED) is 0.176. The van der Waals surface area contributed by atoms with Gasteiger partial charge in [-0.05, 0) is 107 Å². The first-order valence-electron chi connectivity index (χ1n) is 17.4. The Morgan fingerprint density at radius 3 is 1.60 bits per heavy atom. The van der Waals surface area contributed by atoms with Gasteiger partial charge in [-0.25, -0.2) is 0 Å². The summed E-state index contributed by atoms with van der Waals surface area (Å²) in [7, 11) is 0. The first kappa shape index (κ1) is 30.5. The molecule has 7 aromatic rings. The summed E-state index contributed by atoms with van der Waals surface area (Å²) in [4.78, 5) is 0.